The second kappa shape index (κ2) is 4.07. The topological polar surface area (TPSA) is 67.6 Å². The summed E-state index contributed by atoms with van der Waals surface area (Å²) in [6, 6.07) is 0.616. The van der Waals surface area contributed by atoms with Gasteiger partial charge in [-0.1, -0.05) is 12.8 Å². The van der Waals surface area contributed by atoms with Crippen LogP contribution in [0.5, 0.6) is 0 Å². The Morgan fingerprint density at radius 1 is 1.14 bits per heavy atom. The van der Waals surface area contributed by atoms with Crippen LogP contribution < -0.4 is 11.6 Å². The summed E-state index contributed by atoms with van der Waals surface area (Å²) in [5.41, 5.74) is 5.81. The van der Waals surface area contributed by atoms with Gasteiger partial charge in [0.05, 0.1) is 0 Å². The van der Waals surface area contributed by atoms with E-state index in [0.717, 1.165) is 12.5 Å². The van der Waals surface area contributed by atoms with E-state index in [1.165, 1.54) is 38.5 Å². The summed E-state index contributed by atoms with van der Waals surface area (Å²) in [5, 5.41) is 3.62. The third-order valence-electron chi connectivity index (χ3n) is 3.67. The highest BCUT2D eigenvalue weighted by Gasteiger charge is 2.33. The Morgan fingerprint density at radius 3 is 2.64 bits per heavy atom. The number of fused-ring (bicyclic) bond motifs is 1. The Kier molecular flexibility index (Phi) is 2.79. The predicted octanol–water partition coefficient (Wildman–Crippen LogP) is 0.829. The van der Waals surface area contributed by atoms with Crippen LogP contribution in [0.1, 0.15) is 38.5 Å². The number of hydrazone groups is 1. The van der Waals surface area contributed by atoms with Crippen LogP contribution in [-0.2, 0) is 0 Å². The van der Waals surface area contributed by atoms with E-state index in [9.17, 15) is 0 Å². The van der Waals surface area contributed by atoms with Crippen LogP contribution in [0.2, 0.25) is 0 Å². The zero-order valence-electron chi connectivity index (χ0n) is 8.65. The Bertz CT molecular complexity index is 224. The highest BCUT2D eigenvalue weighted by molar-refractivity contribution is 5.78. The molecule has 1 saturated heterocycles. The van der Waals surface area contributed by atoms with Crippen molar-refractivity contribution in [2.75, 3.05) is 6.54 Å². The van der Waals surface area contributed by atoms with Gasteiger partial charge in [-0.05, 0) is 31.6 Å². The molecule has 0 aromatic carbocycles. The molecule has 0 bridgehead atoms. The number of nitrogens with zero attached hydrogens (tertiary/aromatic N) is 2. The first-order chi connectivity index (χ1) is 6.83. The molecule has 4 N–H and O–H groups in total. The van der Waals surface area contributed by atoms with Crippen LogP contribution in [-0.4, -0.2) is 23.4 Å². The molecule has 1 saturated carbocycles. The van der Waals surface area contributed by atoms with E-state index in [4.69, 9.17) is 11.6 Å². The summed E-state index contributed by atoms with van der Waals surface area (Å²) < 4.78 is 0. The molecule has 2 unspecified atom stereocenters. The number of guanidine groups is 1. The van der Waals surface area contributed by atoms with Gasteiger partial charge >= 0.3 is 0 Å². The van der Waals surface area contributed by atoms with Gasteiger partial charge in [0, 0.05) is 12.6 Å². The predicted molar refractivity (Wildman–Crippen MR) is 57.5 cm³/mol. The van der Waals surface area contributed by atoms with Crippen LogP contribution in [0.25, 0.3) is 0 Å². The van der Waals surface area contributed by atoms with E-state index in [-0.39, 0.29) is 0 Å². The fraction of sp³-hybridized carbons (Fsp3) is 0.900. The maximum absolute atomic E-state index is 5.81. The lowest BCUT2D eigenvalue weighted by atomic mass is 9.78. The lowest BCUT2D eigenvalue weighted by Crippen LogP contribution is -2.52. The highest BCUT2D eigenvalue weighted by Crippen LogP contribution is 2.34. The van der Waals surface area contributed by atoms with Crippen LogP contribution in [0.15, 0.2) is 5.10 Å². The average molecular weight is 196 g/mol. The molecule has 80 valence electrons. The summed E-state index contributed by atoms with van der Waals surface area (Å²) in [6.07, 6.45) is 7.93. The molecule has 0 amide bonds. The second-order valence-electron chi connectivity index (χ2n) is 4.43. The van der Waals surface area contributed by atoms with Crippen molar-refractivity contribution in [2.45, 2.75) is 44.6 Å². The number of rotatable bonds is 0. The summed E-state index contributed by atoms with van der Waals surface area (Å²) in [5.74, 6) is 6.61. The van der Waals surface area contributed by atoms with Crippen LogP contribution in [0, 0.1) is 5.92 Å². The largest absolute Gasteiger partial charge is 0.368 e. The lowest BCUT2D eigenvalue weighted by molar-refractivity contribution is 0.118. The minimum atomic E-state index is 0.529. The first kappa shape index (κ1) is 9.62. The van der Waals surface area contributed by atoms with Crippen molar-refractivity contribution in [3.63, 3.8) is 0 Å². The first-order valence-electron chi connectivity index (χ1n) is 5.63. The third-order valence-corrected chi connectivity index (χ3v) is 3.67. The smallest absolute Gasteiger partial charge is 0.213 e. The monoisotopic (exact) mass is 196 g/mol. The van der Waals surface area contributed by atoms with Gasteiger partial charge in [-0.15, -0.1) is 5.10 Å². The van der Waals surface area contributed by atoms with Gasteiger partial charge in [-0.25, -0.2) is 0 Å². The average Bonchev–Trinajstić information content (AvgIpc) is 2.27. The molecule has 4 heteroatoms. The van der Waals surface area contributed by atoms with Gasteiger partial charge < -0.3 is 16.5 Å². The first-order valence-corrected chi connectivity index (χ1v) is 5.63. The molecule has 1 aliphatic carbocycles. The molecule has 2 aliphatic rings. The molecule has 4 nitrogen and oxygen atoms in total. The lowest BCUT2D eigenvalue weighted by Gasteiger charge is -2.44. The Labute approximate surface area is 85.3 Å². The molecule has 1 aliphatic heterocycles. The quantitative estimate of drug-likeness (QED) is 0.261. The van der Waals surface area contributed by atoms with E-state index in [1.807, 2.05) is 0 Å². The van der Waals surface area contributed by atoms with E-state index in [1.54, 1.807) is 0 Å². The minimum absolute atomic E-state index is 0.529. The maximum atomic E-state index is 5.81. The molecule has 0 spiro atoms. The molecular formula is C10H20N4. The molecule has 2 atom stereocenters. The molecule has 2 fully saturated rings. The second-order valence-corrected chi connectivity index (χ2v) is 4.43. The van der Waals surface area contributed by atoms with Gasteiger partial charge in [0.25, 0.3) is 0 Å². The van der Waals surface area contributed by atoms with Crippen molar-refractivity contribution in [1.82, 2.24) is 4.90 Å². The zero-order valence-corrected chi connectivity index (χ0v) is 8.65. The molecule has 1 heterocycles. The fourth-order valence-electron chi connectivity index (χ4n) is 2.98. The molecular weight excluding hydrogens is 176 g/mol. The van der Waals surface area contributed by atoms with Crippen molar-refractivity contribution in [1.29, 1.82) is 0 Å². The summed E-state index contributed by atoms with van der Waals surface area (Å²) in [6.45, 7) is 1.04. The third kappa shape index (κ3) is 1.65. The molecule has 2 rings (SSSR count). The number of piperidine rings is 1. The van der Waals surface area contributed by atoms with Crippen molar-refractivity contribution in [3.8, 4) is 0 Å². The zero-order chi connectivity index (χ0) is 9.97. The summed E-state index contributed by atoms with van der Waals surface area (Å²) >= 11 is 0. The Hall–Kier alpha value is -0.930. The molecule has 0 aromatic rings. The van der Waals surface area contributed by atoms with Gasteiger partial charge in [-0.2, -0.15) is 0 Å². The normalized spacial score (nSPS) is 34.0. The Morgan fingerprint density at radius 2 is 1.86 bits per heavy atom. The van der Waals surface area contributed by atoms with Crippen LogP contribution in [0.3, 0.4) is 0 Å². The van der Waals surface area contributed by atoms with Gasteiger partial charge in [-0.3, -0.25) is 0 Å². The number of likely N-dealkylation sites (tertiary alicyclic amines) is 1. The van der Waals surface area contributed by atoms with Crippen molar-refractivity contribution >= 4 is 5.96 Å². The number of hydrogen-bond acceptors (Lipinski definition) is 2. The Balaban J connectivity index is 2.08. The van der Waals surface area contributed by atoms with Crippen molar-refractivity contribution in [3.05, 3.63) is 0 Å². The van der Waals surface area contributed by atoms with E-state index >= 15 is 0 Å². The van der Waals surface area contributed by atoms with Crippen LogP contribution >= 0.6 is 0 Å². The van der Waals surface area contributed by atoms with E-state index < -0.39 is 0 Å². The summed E-state index contributed by atoms with van der Waals surface area (Å²) in [7, 11) is 0. The molecule has 0 radical (unpaired) electrons. The maximum Gasteiger partial charge on any atom is 0.213 e. The minimum Gasteiger partial charge on any atom is -0.368 e. The highest BCUT2D eigenvalue weighted by atomic mass is 15.3. The SMILES string of the molecule is NN=C(N)N1CCCC2CCCCC21. The van der Waals surface area contributed by atoms with Gasteiger partial charge in [0.1, 0.15) is 0 Å². The van der Waals surface area contributed by atoms with E-state index in [0.29, 0.717) is 12.0 Å². The van der Waals surface area contributed by atoms with E-state index in [2.05, 4.69) is 10.0 Å². The standard InChI is InChI=1S/C10H20N4/c11-10(13-12)14-7-3-5-8-4-1-2-6-9(8)14/h8-9H,1-7,12H2,(H2,11,13). The fourth-order valence-corrected chi connectivity index (χ4v) is 2.98. The van der Waals surface area contributed by atoms with Crippen molar-refractivity contribution in [2.24, 2.45) is 22.6 Å². The van der Waals surface area contributed by atoms with Gasteiger partial charge in [0.15, 0.2) is 0 Å². The molecule has 14 heavy (non-hydrogen) atoms. The van der Waals surface area contributed by atoms with Crippen molar-refractivity contribution < 1.29 is 0 Å². The molecule has 0 aromatic heterocycles. The summed E-state index contributed by atoms with van der Waals surface area (Å²) in [4.78, 5) is 2.22. The number of hydrogen-bond donors (Lipinski definition) is 2. The van der Waals surface area contributed by atoms with Gasteiger partial charge in [0.2, 0.25) is 5.96 Å². The number of nitrogens with two attached hydrogens (primary N) is 2. The van der Waals surface area contributed by atoms with Crippen LogP contribution in [0.4, 0.5) is 0 Å².